The van der Waals surface area contributed by atoms with Crippen LogP contribution in [0.5, 0.6) is 0 Å². The van der Waals surface area contributed by atoms with E-state index in [0.29, 0.717) is 37.2 Å². The largest absolute Gasteiger partial charge is 0.416 e. The molecule has 2 aromatic carbocycles. The number of halogens is 6. The van der Waals surface area contributed by atoms with E-state index >= 15 is 0 Å². The number of rotatable bonds is 4. The lowest BCUT2D eigenvalue weighted by Crippen LogP contribution is -2.54. The van der Waals surface area contributed by atoms with Crippen molar-refractivity contribution in [2.45, 2.75) is 42.7 Å². The number of nitrogens with zero attached hydrogens (tertiary/aromatic N) is 1. The molecule has 2 saturated heterocycles. The Balaban J connectivity index is 1.30. The lowest BCUT2D eigenvalue weighted by Gasteiger charge is -2.39. The molecule has 2 fully saturated rings. The van der Waals surface area contributed by atoms with Crippen molar-refractivity contribution in [3.63, 3.8) is 0 Å². The summed E-state index contributed by atoms with van der Waals surface area (Å²) in [5.74, 6) is -0.357. The molecule has 12 heteroatoms. The van der Waals surface area contributed by atoms with Crippen molar-refractivity contribution in [3.05, 3.63) is 70.8 Å². The maximum atomic E-state index is 13.0. The zero-order chi connectivity index (χ0) is 26.1. The Morgan fingerprint density at radius 3 is 2.22 bits per heavy atom. The van der Waals surface area contributed by atoms with Crippen LogP contribution >= 0.6 is 11.8 Å². The van der Waals surface area contributed by atoms with Gasteiger partial charge in [-0.3, -0.25) is 14.9 Å². The Morgan fingerprint density at radius 1 is 0.972 bits per heavy atom. The highest BCUT2D eigenvalue weighted by atomic mass is 32.2. The molecule has 0 aromatic heterocycles. The average molecular weight is 532 g/mol. The van der Waals surface area contributed by atoms with Crippen molar-refractivity contribution in [1.82, 2.24) is 15.5 Å². The van der Waals surface area contributed by atoms with Crippen LogP contribution in [0.25, 0.3) is 0 Å². The van der Waals surface area contributed by atoms with Gasteiger partial charge in [-0.25, -0.2) is 0 Å². The molecule has 2 aliphatic heterocycles. The minimum Gasteiger partial charge on any atom is -0.351 e. The van der Waals surface area contributed by atoms with Crippen molar-refractivity contribution in [1.29, 1.82) is 0 Å². The van der Waals surface area contributed by atoms with E-state index in [0.717, 1.165) is 24.3 Å². The van der Waals surface area contributed by atoms with Crippen LogP contribution in [0, 0.1) is 0 Å². The highest BCUT2D eigenvalue weighted by Gasteiger charge is 2.44. The molecule has 2 amide bonds. The Morgan fingerprint density at radius 2 is 1.58 bits per heavy atom. The SMILES string of the molecule is O=C(NCc1cccc(C(F)(F)F)c1)C1CSC2(CCN(C(=O)c3cccc(C(F)(F)F)c3)CC2)N1. The molecule has 2 aliphatic rings. The third-order valence-corrected chi connectivity index (χ3v) is 7.87. The zero-order valence-corrected chi connectivity index (χ0v) is 19.7. The van der Waals surface area contributed by atoms with Gasteiger partial charge < -0.3 is 10.2 Å². The van der Waals surface area contributed by atoms with Gasteiger partial charge in [0.25, 0.3) is 5.91 Å². The van der Waals surface area contributed by atoms with E-state index in [-0.39, 0.29) is 18.0 Å². The van der Waals surface area contributed by atoms with E-state index in [2.05, 4.69) is 10.6 Å². The molecular formula is C24H23F6N3O2S. The normalized spacial score (nSPS) is 19.9. The summed E-state index contributed by atoms with van der Waals surface area (Å²) in [6, 6.07) is 8.53. The van der Waals surface area contributed by atoms with Gasteiger partial charge in [-0.2, -0.15) is 26.3 Å². The number of amides is 2. The fourth-order valence-corrected chi connectivity index (χ4v) is 5.74. The first kappa shape index (κ1) is 26.3. The summed E-state index contributed by atoms with van der Waals surface area (Å²) < 4.78 is 77.6. The molecular weight excluding hydrogens is 508 g/mol. The van der Waals surface area contributed by atoms with Gasteiger partial charge in [0.05, 0.1) is 22.0 Å². The highest BCUT2D eigenvalue weighted by Crippen LogP contribution is 2.39. The Hall–Kier alpha value is -2.73. The maximum absolute atomic E-state index is 13.0. The highest BCUT2D eigenvalue weighted by molar-refractivity contribution is 8.01. The van der Waals surface area contributed by atoms with Crippen LogP contribution in [0.15, 0.2) is 48.5 Å². The molecule has 2 N–H and O–H groups in total. The Labute approximate surface area is 207 Å². The van der Waals surface area contributed by atoms with Crippen LogP contribution < -0.4 is 10.6 Å². The van der Waals surface area contributed by atoms with Crippen molar-refractivity contribution in [2.75, 3.05) is 18.8 Å². The monoisotopic (exact) mass is 531 g/mol. The standard InChI is InChI=1S/C24H23F6N3O2S/c25-23(26,27)17-5-1-3-15(11-17)13-31-20(34)19-14-36-22(32-19)7-9-33(10-8-22)21(35)16-4-2-6-18(12-16)24(28,29)30/h1-6,11-12,19,32H,7-10,13-14H2,(H,31,34). The van der Waals surface area contributed by atoms with E-state index in [1.165, 1.54) is 40.9 Å². The molecule has 194 valence electrons. The number of nitrogens with one attached hydrogen (secondary N) is 2. The van der Waals surface area contributed by atoms with Crippen LogP contribution in [-0.2, 0) is 23.7 Å². The quantitative estimate of drug-likeness (QED) is 0.563. The molecule has 0 saturated carbocycles. The maximum Gasteiger partial charge on any atom is 0.416 e. The van der Waals surface area contributed by atoms with Crippen LogP contribution in [0.3, 0.4) is 0 Å². The van der Waals surface area contributed by atoms with Crippen molar-refractivity contribution in [3.8, 4) is 0 Å². The second kappa shape index (κ2) is 9.97. The first-order chi connectivity index (χ1) is 16.9. The van der Waals surface area contributed by atoms with Gasteiger partial charge in [-0.1, -0.05) is 18.2 Å². The summed E-state index contributed by atoms with van der Waals surface area (Å²) in [5, 5.41) is 5.96. The summed E-state index contributed by atoms with van der Waals surface area (Å²) in [6.07, 6.45) is -8.00. The number of piperidine rings is 1. The summed E-state index contributed by atoms with van der Waals surface area (Å²) in [6.45, 7) is 0.583. The smallest absolute Gasteiger partial charge is 0.351 e. The van der Waals surface area contributed by atoms with E-state index in [1.807, 2.05) is 0 Å². The van der Waals surface area contributed by atoms with E-state index in [9.17, 15) is 35.9 Å². The second-order valence-electron chi connectivity index (χ2n) is 8.79. The number of likely N-dealkylation sites (tertiary alicyclic amines) is 1. The number of thioether (sulfide) groups is 1. The van der Waals surface area contributed by atoms with Crippen LogP contribution in [0.2, 0.25) is 0 Å². The lowest BCUT2D eigenvalue weighted by atomic mass is 10.0. The van der Waals surface area contributed by atoms with Gasteiger partial charge in [0.15, 0.2) is 0 Å². The van der Waals surface area contributed by atoms with Crippen molar-refractivity contribution < 1.29 is 35.9 Å². The predicted octanol–water partition coefficient (Wildman–Crippen LogP) is 4.68. The number of carbonyl (C=O) groups is 2. The molecule has 0 radical (unpaired) electrons. The van der Waals surface area contributed by atoms with Crippen LogP contribution in [0.1, 0.15) is 39.9 Å². The summed E-state index contributed by atoms with van der Waals surface area (Å²) in [4.78, 5) is 26.4. The molecule has 2 aromatic rings. The van der Waals surface area contributed by atoms with Crippen LogP contribution in [0.4, 0.5) is 26.3 Å². The molecule has 1 atom stereocenters. The Bertz CT molecular complexity index is 1130. The number of benzene rings is 2. The van der Waals surface area contributed by atoms with Gasteiger partial charge >= 0.3 is 12.4 Å². The minimum absolute atomic E-state index is 0.0281. The summed E-state index contributed by atoms with van der Waals surface area (Å²) in [7, 11) is 0. The van der Waals surface area contributed by atoms with E-state index in [1.54, 1.807) is 0 Å². The van der Waals surface area contributed by atoms with Gasteiger partial charge in [0.1, 0.15) is 0 Å². The molecule has 4 rings (SSSR count). The molecule has 5 nitrogen and oxygen atoms in total. The third-order valence-electron chi connectivity index (χ3n) is 6.30. The van der Waals surface area contributed by atoms with Crippen LogP contribution in [-0.4, -0.2) is 46.5 Å². The van der Waals surface area contributed by atoms with Crippen molar-refractivity contribution in [2.24, 2.45) is 0 Å². The topological polar surface area (TPSA) is 61.4 Å². The van der Waals surface area contributed by atoms with Crippen molar-refractivity contribution >= 4 is 23.6 Å². The molecule has 0 aliphatic carbocycles. The number of hydrogen-bond donors (Lipinski definition) is 2. The lowest BCUT2D eigenvalue weighted by molar-refractivity contribution is -0.138. The summed E-state index contributed by atoms with van der Waals surface area (Å²) >= 11 is 1.54. The van der Waals surface area contributed by atoms with Gasteiger partial charge in [-0.05, 0) is 48.7 Å². The number of alkyl halides is 6. The zero-order valence-electron chi connectivity index (χ0n) is 18.9. The molecule has 0 bridgehead atoms. The fourth-order valence-electron chi connectivity index (χ4n) is 4.33. The Kier molecular flexibility index (Phi) is 7.29. The fraction of sp³-hybridized carbons (Fsp3) is 0.417. The van der Waals surface area contributed by atoms with E-state index in [4.69, 9.17) is 0 Å². The van der Waals surface area contributed by atoms with Gasteiger partial charge in [-0.15, -0.1) is 11.8 Å². The second-order valence-corrected chi connectivity index (χ2v) is 10.2. The van der Waals surface area contributed by atoms with Gasteiger partial charge in [0.2, 0.25) is 5.91 Å². The first-order valence-electron chi connectivity index (χ1n) is 11.2. The molecule has 2 heterocycles. The molecule has 36 heavy (non-hydrogen) atoms. The first-order valence-corrected chi connectivity index (χ1v) is 12.2. The number of carbonyl (C=O) groups excluding carboxylic acids is 2. The van der Waals surface area contributed by atoms with Gasteiger partial charge in [0, 0.05) is 31.0 Å². The third kappa shape index (κ3) is 5.97. The predicted molar refractivity (Wildman–Crippen MR) is 122 cm³/mol. The molecule has 1 unspecified atom stereocenters. The minimum atomic E-state index is -4.54. The van der Waals surface area contributed by atoms with E-state index < -0.39 is 40.3 Å². The average Bonchev–Trinajstić information content (AvgIpc) is 3.25. The number of hydrogen-bond acceptors (Lipinski definition) is 4. The molecule has 1 spiro atoms. The summed E-state index contributed by atoms with van der Waals surface area (Å²) in [5.41, 5.74) is -1.36.